The van der Waals surface area contributed by atoms with Crippen LogP contribution in [0.15, 0.2) is 46.8 Å². The van der Waals surface area contributed by atoms with Crippen LogP contribution in [0.4, 0.5) is 11.5 Å². The lowest BCUT2D eigenvalue weighted by atomic mass is 10.3. The molecule has 3 heterocycles. The minimum absolute atomic E-state index is 0.342. The number of nitrogens with zero attached hydrogens (tertiary/aromatic N) is 8. The molecule has 0 aliphatic heterocycles. The van der Waals surface area contributed by atoms with Gasteiger partial charge in [-0.05, 0) is 26.0 Å². The molecule has 0 unspecified atom stereocenters. The fourth-order valence-corrected chi connectivity index (χ4v) is 2.52. The second-order valence-corrected chi connectivity index (χ2v) is 5.42. The van der Waals surface area contributed by atoms with Gasteiger partial charge in [0, 0.05) is 0 Å². The van der Waals surface area contributed by atoms with Gasteiger partial charge in [-0.15, -0.1) is 20.0 Å². The van der Waals surface area contributed by atoms with E-state index in [1.807, 2.05) is 44.2 Å². The first kappa shape index (κ1) is 14.8. The summed E-state index contributed by atoms with van der Waals surface area (Å²) >= 11 is 0. The van der Waals surface area contributed by atoms with Gasteiger partial charge in [0.1, 0.15) is 17.5 Å². The predicted octanol–water partition coefficient (Wildman–Crippen LogP) is 3.15. The van der Waals surface area contributed by atoms with E-state index < -0.39 is 0 Å². The number of hydrogen-bond acceptors (Lipinski definition) is 6. The van der Waals surface area contributed by atoms with Crippen molar-refractivity contribution in [3.05, 3.63) is 53.6 Å². The maximum absolute atomic E-state index is 9.33. The van der Waals surface area contributed by atoms with Crippen molar-refractivity contribution in [3.8, 4) is 11.8 Å². The van der Waals surface area contributed by atoms with Gasteiger partial charge in [0.05, 0.1) is 17.6 Å². The molecular weight excluding hydrogens is 318 g/mol. The number of H-pyrrole nitrogens is 1. The number of azo groups is 1. The molecule has 0 saturated carbocycles. The summed E-state index contributed by atoms with van der Waals surface area (Å²) in [6.07, 6.45) is 1.47. The predicted molar refractivity (Wildman–Crippen MR) is 89.3 cm³/mol. The first-order valence-corrected chi connectivity index (χ1v) is 7.55. The molecular formula is C16H13N9. The summed E-state index contributed by atoms with van der Waals surface area (Å²) in [6.45, 7) is 3.66. The molecule has 0 aliphatic rings. The monoisotopic (exact) mass is 331 g/mol. The molecule has 25 heavy (non-hydrogen) atoms. The van der Waals surface area contributed by atoms with Crippen LogP contribution in [0.3, 0.4) is 0 Å². The van der Waals surface area contributed by atoms with Gasteiger partial charge in [-0.25, -0.2) is 4.68 Å². The summed E-state index contributed by atoms with van der Waals surface area (Å²) in [4.78, 5) is 3.10. The van der Waals surface area contributed by atoms with Gasteiger partial charge in [0.25, 0.3) is 0 Å². The Morgan fingerprint density at radius 1 is 1.12 bits per heavy atom. The molecule has 0 atom stereocenters. The molecule has 122 valence electrons. The summed E-state index contributed by atoms with van der Waals surface area (Å²) in [7, 11) is 0. The molecule has 3 aromatic heterocycles. The number of aryl methyl sites for hydroxylation is 2. The van der Waals surface area contributed by atoms with Crippen LogP contribution >= 0.6 is 0 Å². The largest absolute Gasteiger partial charge is 0.324 e. The highest BCUT2D eigenvalue weighted by Crippen LogP contribution is 2.28. The molecule has 0 radical (unpaired) electrons. The van der Waals surface area contributed by atoms with Gasteiger partial charge >= 0.3 is 0 Å². The molecule has 9 nitrogen and oxygen atoms in total. The molecule has 0 spiro atoms. The number of fused-ring (bicyclic) bond motifs is 1. The zero-order valence-corrected chi connectivity index (χ0v) is 13.5. The maximum atomic E-state index is 9.33. The summed E-state index contributed by atoms with van der Waals surface area (Å²) in [5.74, 6) is 1.09. The Morgan fingerprint density at radius 3 is 2.68 bits per heavy atom. The van der Waals surface area contributed by atoms with Crippen molar-refractivity contribution in [2.24, 2.45) is 10.2 Å². The highest BCUT2D eigenvalue weighted by molar-refractivity contribution is 5.66. The number of rotatable bonds is 3. The van der Waals surface area contributed by atoms with Crippen molar-refractivity contribution < 1.29 is 0 Å². The van der Waals surface area contributed by atoms with E-state index in [1.54, 1.807) is 4.68 Å². The van der Waals surface area contributed by atoms with Gasteiger partial charge in [-0.3, -0.25) is 0 Å². The molecule has 0 bridgehead atoms. The minimum Gasteiger partial charge on any atom is -0.324 e. The Hall–Kier alpha value is -3.80. The van der Waals surface area contributed by atoms with Crippen molar-refractivity contribution in [3.63, 3.8) is 0 Å². The molecule has 9 heteroatoms. The van der Waals surface area contributed by atoms with E-state index in [0.29, 0.717) is 28.4 Å². The number of hydrogen-bond donors (Lipinski definition) is 1. The number of aromatic amines is 1. The third-order valence-electron chi connectivity index (χ3n) is 3.67. The molecule has 0 aliphatic carbocycles. The van der Waals surface area contributed by atoms with Crippen LogP contribution in [0.1, 0.15) is 17.1 Å². The summed E-state index contributed by atoms with van der Waals surface area (Å²) in [6, 6.07) is 11.6. The number of nitrogens with one attached hydrogen (secondary N) is 1. The lowest BCUT2D eigenvalue weighted by molar-refractivity contribution is 0.793. The Morgan fingerprint density at radius 2 is 1.92 bits per heavy atom. The molecule has 0 fully saturated rings. The van der Waals surface area contributed by atoms with Gasteiger partial charge < -0.3 is 4.98 Å². The van der Waals surface area contributed by atoms with E-state index in [1.165, 1.54) is 10.8 Å². The van der Waals surface area contributed by atoms with Gasteiger partial charge in [-0.1, -0.05) is 18.2 Å². The van der Waals surface area contributed by atoms with E-state index in [9.17, 15) is 5.26 Å². The van der Waals surface area contributed by atoms with E-state index in [0.717, 1.165) is 11.5 Å². The van der Waals surface area contributed by atoms with Crippen molar-refractivity contribution in [2.75, 3.05) is 0 Å². The van der Waals surface area contributed by atoms with Crippen molar-refractivity contribution in [1.29, 1.82) is 5.26 Å². The highest BCUT2D eigenvalue weighted by atomic mass is 15.5. The minimum atomic E-state index is 0.342. The summed E-state index contributed by atoms with van der Waals surface area (Å²) < 4.78 is 3.06. The molecule has 4 aromatic rings. The lowest BCUT2D eigenvalue weighted by Gasteiger charge is -2.02. The van der Waals surface area contributed by atoms with Gasteiger partial charge in [0.15, 0.2) is 17.2 Å². The smallest absolute Gasteiger partial charge is 0.195 e. The second kappa shape index (κ2) is 5.68. The maximum Gasteiger partial charge on any atom is 0.195 e. The van der Waals surface area contributed by atoms with E-state index >= 15 is 0 Å². The van der Waals surface area contributed by atoms with Crippen LogP contribution in [-0.2, 0) is 0 Å². The van der Waals surface area contributed by atoms with Crippen LogP contribution in [0.5, 0.6) is 0 Å². The zero-order chi connectivity index (χ0) is 17.4. The van der Waals surface area contributed by atoms with Gasteiger partial charge in [0.2, 0.25) is 0 Å². The Labute approximate surface area is 142 Å². The highest BCUT2D eigenvalue weighted by Gasteiger charge is 2.15. The Kier molecular flexibility index (Phi) is 3.36. The van der Waals surface area contributed by atoms with Crippen LogP contribution < -0.4 is 0 Å². The van der Waals surface area contributed by atoms with Crippen molar-refractivity contribution >= 4 is 17.2 Å². The fourth-order valence-electron chi connectivity index (χ4n) is 2.52. The Balaban J connectivity index is 1.82. The molecule has 0 amide bonds. The SMILES string of the molecule is Cc1nn2nc(C)c(/N=N/c3c(C#N)cnn3-c3ccccc3)c2[nH]1. The average Bonchev–Trinajstić information content (AvgIpc) is 3.26. The standard InChI is InChI=1S/C16H13N9/c1-10-14(16-19-11(2)23-25(16)22-10)20-21-15-12(8-17)9-18-24(15)13-6-4-3-5-7-13/h3-7,9H,1-2H3,(H,19,23)/b21-20+. The molecule has 1 aromatic carbocycles. The average molecular weight is 331 g/mol. The number of aromatic nitrogens is 6. The first-order chi connectivity index (χ1) is 12.2. The van der Waals surface area contributed by atoms with Crippen LogP contribution in [0, 0.1) is 25.2 Å². The summed E-state index contributed by atoms with van der Waals surface area (Å²) in [5, 5.41) is 30.7. The second-order valence-electron chi connectivity index (χ2n) is 5.42. The molecule has 1 N–H and O–H groups in total. The quantitative estimate of drug-likeness (QED) is 0.581. The first-order valence-electron chi connectivity index (χ1n) is 7.55. The number of benzene rings is 1. The normalized spacial score (nSPS) is 11.4. The molecule has 0 saturated heterocycles. The number of nitriles is 1. The zero-order valence-electron chi connectivity index (χ0n) is 13.5. The van der Waals surface area contributed by atoms with Crippen molar-refractivity contribution in [1.82, 2.24) is 29.6 Å². The summed E-state index contributed by atoms with van der Waals surface area (Å²) in [5.41, 5.74) is 3.06. The van der Waals surface area contributed by atoms with Crippen LogP contribution in [0.25, 0.3) is 11.3 Å². The topological polar surface area (TPSA) is 112 Å². The lowest BCUT2D eigenvalue weighted by Crippen LogP contribution is -1.94. The van der Waals surface area contributed by atoms with Crippen LogP contribution in [-0.4, -0.2) is 29.6 Å². The Bertz CT molecular complexity index is 1120. The van der Waals surface area contributed by atoms with Gasteiger partial charge in [-0.2, -0.15) is 15.5 Å². The third kappa shape index (κ3) is 2.46. The van der Waals surface area contributed by atoms with E-state index in [2.05, 4.69) is 36.6 Å². The number of para-hydroxylation sites is 1. The van der Waals surface area contributed by atoms with E-state index in [4.69, 9.17) is 0 Å². The van der Waals surface area contributed by atoms with Crippen molar-refractivity contribution in [2.45, 2.75) is 13.8 Å². The third-order valence-corrected chi connectivity index (χ3v) is 3.67. The van der Waals surface area contributed by atoms with Crippen LogP contribution in [0.2, 0.25) is 0 Å². The molecule has 4 rings (SSSR count). The van der Waals surface area contributed by atoms with E-state index in [-0.39, 0.29) is 0 Å². The fraction of sp³-hybridized carbons (Fsp3) is 0.125.